The number of nitrogens with zero attached hydrogens (tertiary/aromatic N) is 3. The van der Waals surface area contributed by atoms with Crippen LogP contribution in [0.3, 0.4) is 0 Å². The fourth-order valence-electron chi connectivity index (χ4n) is 1.85. The summed E-state index contributed by atoms with van der Waals surface area (Å²) >= 11 is 0. The van der Waals surface area contributed by atoms with E-state index in [4.69, 9.17) is 0 Å². The van der Waals surface area contributed by atoms with Crippen LogP contribution in [0.15, 0.2) is 24.5 Å². The van der Waals surface area contributed by atoms with E-state index in [2.05, 4.69) is 41.4 Å². The molecule has 0 unspecified atom stereocenters. The van der Waals surface area contributed by atoms with Crippen molar-refractivity contribution in [1.82, 2.24) is 20.1 Å². The maximum absolute atomic E-state index is 4.46. The highest BCUT2D eigenvalue weighted by Crippen LogP contribution is 2.12. The van der Waals surface area contributed by atoms with Gasteiger partial charge in [-0.3, -0.25) is 4.98 Å². The fraction of sp³-hybridized carbons (Fsp3) is 0.385. The topological polar surface area (TPSA) is 42.7 Å². The van der Waals surface area contributed by atoms with Crippen LogP contribution in [0.1, 0.15) is 23.9 Å². The van der Waals surface area contributed by atoms with Gasteiger partial charge >= 0.3 is 0 Å². The highest BCUT2D eigenvalue weighted by molar-refractivity contribution is 5.33. The molecule has 0 aliphatic carbocycles. The highest BCUT2D eigenvalue weighted by Gasteiger charge is 2.04. The van der Waals surface area contributed by atoms with Gasteiger partial charge in [-0.15, -0.1) is 0 Å². The zero-order valence-corrected chi connectivity index (χ0v) is 10.6. The summed E-state index contributed by atoms with van der Waals surface area (Å²) < 4.78 is 1.93. The molecule has 0 radical (unpaired) electrons. The minimum atomic E-state index is 0.844. The predicted octanol–water partition coefficient (Wildman–Crippen LogP) is 1.99. The third kappa shape index (κ3) is 2.71. The van der Waals surface area contributed by atoms with Crippen LogP contribution in [0, 0.1) is 13.8 Å². The average Bonchev–Trinajstić information content (AvgIpc) is 2.66. The Kier molecular flexibility index (Phi) is 3.54. The molecule has 90 valence electrons. The van der Waals surface area contributed by atoms with Crippen LogP contribution in [0.4, 0.5) is 0 Å². The van der Waals surface area contributed by atoms with Gasteiger partial charge in [0.2, 0.25) is 0 Å². The number of rotatable bonds is 4. The van der Waals surface area contributed by atoms with Crippen molar-refractivity contribution < 1.29 is 0 Å². The molecule has 2 aromatic rings. The molecule has 0 aliphatic heterocycles. The second kappa shape index (κ2) is 5.10. The fourth-order valence-corrected chi connectivity index (χ4v) is 1.85. The second-order valence-corrected chi connectivity index (χ2v) is 4.17. The first-order chi connectivity index (χ1) is 8.20. The van der Waals surface area contributed by atoms with Gasteiger partial charge in [0.15, 0.2) is 0 Å². The van der Waals surface area contributed by atoms with E-state index in [0.717, 1.165) is 30.2 Å². The molecule has 4 heteroatoms. The number of aromatic nitrogens is 3. The van der Waals surface area contributed by atoms with E-state index in [9.17, 15) is 0 Å². The van der Waals surface area contributed by atoms with Crippen molar-refractivity contribution in [3.05, 3.63) is 41.5 Å². The largest absolute Gasteiger partial charge is 0.313 e. The van der Waals surface area contributed by atoms with Crippen LogP contribution in [0.5, 0.6) is 0 Å². The molecular formula is C13H18N4. The maximum atomic E-state index is 4.46. The number of hydrogen-bond donors (Lipinski definition) is 1. The molecule has 0 fully saturated rings. The SMILES string of the molecule is CCNCc1cncc(-n2nc(C)cc2C)c1. The van der Waals surface area contributed by atoms with Gasteiger partial charge in [-0.1, -0.05) is 6.92 Å². The van der Waals surface area contributed by atoms with Crippen LogP contribution < -0.4 is 5.32 Å². The first-order valence-electron chi connectivity index (χ1n) is 5.89. The summed E-state index contributed by atoms with van der Waals surface area (Å²) in [5.74, 6) is 0. The Hall–Kier alpha value is -1.68. The number of hydrogen-bond acceptors (Lipinski definition) is 3. The Bertz CT molecular complexity index is 502. The lowest BCUT2D eigenvalue weighted by atomic mass is 10.2. The summed E-state index contributed by atoms with van der Waals surface area (Å²) in [5, 5.41) is 7.75. The van der Waals surface area contributed by atoms with Crippen molar-refractivity contribution in [3.63, 3.8) is 0 Å². The van der Waals surface area contributed by atoms with Gasteiger partial charge < -0.3 is 5.32 Å². The van der Waals surface area contributed by atoms with E-state index >= 15 is 0 Å². The molecule has 0 bridgehead atoms. The van der Waals surface area contributed by atoms with Crippen molar-refractivity contribution in [2.45, 2.75) is 27.3 Å². The highest BCUT2D eigenvalue weighted by atomic mass is 15.3. The molecule has 0 atom stereocenters. The van der Waals surface area contributed by atoms with Gasteiger partial charge in [-0.2, -0.15) is 5.10 Å². The standard InChI is InChI=1S/C13H18N4/c1-4-14-7-12-6-13(9-15-8-12)17-11(3)5-10(2)16-17/h5-6,8-9,14H,4,7H2,1-3H3. The van der Waals surface area contributed by atoms with Gasteiger partial charge in [0.25, 0.3) is 0 Å². The van der Waals surface area contributed by atoms with E-state index < -0.39 is 0 Å². The molecule has 4 nitrogen and oxygen atoms in total. The van der Waals surface area contributed by atoms with Crippen LogP contribution >= 0.6 is 0 Å². The summed E-state index contributed by atoms with van der Waals surface area (Å²) in [6.45, 7) is 7.95. The van der Waals surface area contributed by atoms with Crippen LogP contribution in [-0.4, -0.2) is 21.3 Å². The smallest absolute Gasteiger partial charge is 0.0835 e. The lowest BCUT2D eigenvalue weighted by molar-refractivity contribution is 0.721. The number of nitrogens with one attached hydrogen (secondary N) is 1. The summed E-state index contributed by atoms with van der Waals surface area (Å²) in [6, 6.07) is 4.19. The monoisotopic (exact) mass is 230 g/mol. The lowest BCUT2D eigenvalue weighted by Gasteiger charge is -2.06. The van der Waals surface area contributed by atoms with Gasteiger partial charge in [-0.25, -0.2) is 4.68 Å². The molecule has 0 saturated heterocycles. The van der Waals surface area contributed by atoms with E-state index in [1.165, 1.54) is 5.56 Å². The van der Waals surface area contributed by atoms with Crippen molar-refractivity contribution in [2.24, 2.45) is 0 Å². The van der Waals surface area contributed by atoms with E-state index in [1.54, 1.807) is 0 Å². The first kappa shape index (κ1) is 11.8. The normalized spacial score (nSPS) is 10.8. The van der Waals surface area contributed by atoms with E-state index in [-0.39, 0.29) is 0 Å². The molecule has 0 amide bonds. The van der Waals surface area contributed by atoms with Gasteiger partial charge in [-0.05, 0) is 38.1 Å². The molecule has 2 rings (SSSR count). The molecule has 17 heavy (non-hydrogen) atoms. The van der Waals surface area contributed by atoms with Crippen molar-refractivity contribution in [2.75, 3.05) is 6.54 Å². The molecule has 2 aromatic heterocycles. The van der Waals surface area contributed by atoms with Gasteiger partial charge in [0.05, 0.1) is 17.6 Å². The minimum Gasteiger partial charge on any atom is -0.313 e. The van der Waals surface area contributed by atoms with Crippen LogP contribution in [0.2, 0.25) is 0 Å². The Morgan fingerprint density at radius 2 is 2.06 bits per heavy atom. The first-order valence-corrected chi connectivity index (χ1v) is 5.89. The Balaban J connectivity index is 2.29. The average molecular weight is 230 g/mol. The molecule has 0 aromatic carbocycles. The molecule has 0 aliphatic rings. The van der Waals surface area contributed by atoms with Gasteiger partial charge in [0.1, 0.15) is 0 Å². The van der Waals surface area contributed by atoms with E-state index in [1.807, 2.05) is 24.0 Å². The van der Waals surface area contributed by atoms with Gasteiger partial charge in [0, 0.05) is 18.4 Å². The maximum Gasteiger partial charge on any atom is 0.0835 e. The summed E-state index contributed by atoms with van der Waals surface area (Å²) in [4.78, 5) is 4.26. The molecule has 1 N–H and O–H groups in total. The zero-order chi connectivity index (χ0) is 12.3. The van der Waals surface area contributed by atoms with Crippen molar-refractivity contribution in [3.8, 4) is 5.69 Å². The third-order valence-corrected chi connectivity index (χ3v) is 2.61. The Morgan fingerprint density at radius 3 is 2.71 bits per heavy atom. The van der Waals surface area contributed by atoms with E-state index in [0.29, 0.717) is 0 Å². The summed E-state index contributed by atoms with van der Waals surface area (Å²) in [6.07, 6.45) is 3.73. The molecule has 0 saturated carbocycles. The summed E-state index contributed by atoms with van der Waals surface area (Å²) in [5.41, 5.74) is 4.35. The van der Waals surface area contributed by atoms with Crippen molar-refractivity contribution >= 4 is 0 Å². The quantitative estimate of drug-likeness (QED) is 0.873. The predicted molar refractivity (Wildman–Crippen MR) is 68.2 cm³/mol. The van der Waals surface area contributed by atoms with Crippen molar-refractivity contribution in [1.29, 1.82) is 0 Å². The second-order valence-electron chi connectivity index (χ2n) is 4.17. The Labute approximate surface area is 102 Å². The molecular weight excluding hydrogens is 212 g/mol. The lowest BCUT2D eigenvalue weighted by Crippen LogP contribution is -2.12. The van der Waals surface area contributed by atoms with Crippen LogP contribution in [0.25, 0.3) is 5.69 Å². The Morgan fingerprint density at radius 1 is 1.24 bits per heavy atom. The summed E-state index contributed by atoms with van der Waals surface area (Å²) in [7, 11) is 0. The molecule has 0 spiro atoms. The third-order valence-electron chi connectivity index (χ3n) is 2.61. The molecule has 2 heterocycles. The number of pyridine rings is 1. The zero-order valence-electron chi connectivity index (χ0n) is 10.6. The van der Waals surface area contributed by atoms with Crippen LogP contribution in [-0.2, 0) is 6.54 Å². The number of aryl methyl sites for hydroxylation is 2. The minimum absolute atomic E-state index is 0.844.